The standard InChI is InChI=1S/C19H27N3O3/c1-18(2,3)25-17(23)22(12-19(9-10-19)16(20)21-24)15-11-14(15)13-7-5-4-6-8-13/h4-8,14-15,24H,9-12H2,1-3H3,(H2,20,21)/t14-,15?/m0/s1. The predicted octanol–water partition coefficient (Wildman–Crippen LogP) is 3.31. The average Bonchev–Trinajstić information content (AvgIpc) is 3.45. The lowest BCUT2D eigenvalue weighted by atomic mass is 10.0. The molecule has 2 aliphatic carbocycles. The zero-order chi connectivity index (χ0) is 18.2. The number of hydrogen-bond acceptors (Lipinski definition) is 4. The maximum absolute atomic E-state index is 12.8. The van der Waals surface area contributed by atoms with Crippen molar-refractivity contribution in [3.8, 4) is 0 Å². The summed E-state index contributed by atoms with van der Waals surface area (Å²) in [5.41, 5.74) is 6.14. The highest BCUT2D eigenvalue weighted by Crippen LogP contribution is 2.51. The minimum Gasteiger partial charge on any atom is -0.444 e. The molecule has 3 rings (SSSR count). The summed E-state index contributed by atoms with van der Waals surface area (Å²) in [5.74, 6) is 0.523. The van der Waals surface area contributed by atoms with Gasteiger partial charge in [-0.2, -0.15) is 0 Å². The van der Waals surface area contributed by atoms with Crippen molar-refractivity contribution in [3.63, 3.8) is 0 Å². The number of amidine groups is 1. The molecule has 0 aliphatic heterocycles. The van der Waals surface area contributed by atoms with Crippen molar-refractivity contribution in [1.29, 1.82) is 0 Å². The molecule has 6 nitrogen and oxygen atoms in total. The molecule has 3 N–H and O–H groups in total. The summed E-state index contributed by atoms with van der Waals surface area (Å²) in [7, 11) is 0. The maximum atomic E-state index is 12.8. The molecule has 25 heavy (non-hydrogen) atoms. The fraction of sp³-hybridized carbons (Fsp3) is 0.579. The van der Waals surface area contributed by atoms with Crippen molar-refractivity contribution in [2.45, 2.75) is 57.6 Å². The summed E-state index contributed by atoms with van der Waals surface area (Å²) in [4.78, 5) is 14.6. The Hall–Kier alpha value is -2.24. The number of hydrogen-bond donors (Lipinski definition) is 2. The first kappa shape index (κ1) is 17.6. The van der Waals surface area contributed by atoms with Gasteiger partial charge in [0.15, 0.2) is 0 Å². The minimum absolute atomic E-state index is 0.0983. The molecule has 0 spiro atoms. The van der Waals surface area contributed by atoms with Crippen LogP contribution in [0.2, 0.25) is 0 Å². The Bertz CT molecular complexity index is 662. The largest absolute Gasteiger partial charge is 0.444 e. The van der Waals surface area contributed by atoms with Crippen molar-refractivity contribution in [3.05, 3.63) is 35.9 Å². The predicted molar refractivity (Wildman–Crippen MR) is 95.6 cm³/mol. The summed E-state index contributed by atoms with van der Waals surface area (Å²) >= 11 is 0. The van der Waals surface area contributed by atoms with Crippen molar-refractivity contribution in [1.82, 2.24) is 4.90 Å². The number of nitrogens with zero attached hydrogens (tertiary/aromatic N) is 2. The van der Waals surface area contributed by atoms with E-state index in [0.717, 1.165) is 19.3 Å². The monoisotopic (exact) mass is 345 g/mol. The van der Waals surface area contributed by atoms with E-state index in [1.807, 2.05) is 39.0 Å². The first-order valence-corrected chi connectivity index (χ1v) is 8.78. The van der Waals surface area contributed by atoms with Crippen LogP contribution in [-0.4, -0.2) is 40.2 Å². The lowest BCUT2D eigenvalue weighted by Gasteiger charge is -2.30. The SMILES string of the molecule is CC(C)(C)OC(=O)N(CC1(C(N)=NO)CC1)C1C[C@H]1c1ccccc1. The van der Waals surface area contributed by atoms with Gasteiger partial charge in [-0.05, 0) is 45.6 Å². The van der Waals surface area contributed by atoms with E-state index in [-0.39, 0.29) is 18.0 Å². The van der Waals surface area contributed by atoms with Crippen LogP contribution in [0.4, 0.5) is 4.79 Å². The second-order valence-corrected chi connectivity index (χ2v) is 8.19. The molecule has 0 saturated heterocycles. The van der Waals surface area contributed by atoms with Crippen molar-refractivity contribution < 1.29 is 14.7 Å². The van der Waals surface area contributed by atoms with E-state index < -0.39 is 11.0 Å². The molecule has 0 radical (unpaired) electrons. The van der Waals surface area contributed by atoms with Crippen LogP contribution in [0.1, 0.15) is 51.5 Å². The molecule has 2 fully saturated rings. The molecule has 6 heteroatoms. The van der Waals surface area contributed by atoms with Crippen LogP contribution < -0.4 is 5.73 Å². The van der Waals surface area contributed by atoms with Gasteiger partial charge in [0.2, 0.25) is 0 Å². The highest BCUT2D eigenvalue weighted by molar-refractivity contribution is 5.89. The summed E-state index contributed by atoms with van der Waals surface area (Å²) in [6, 6.07) is 10.3. The van der Waals surface area contributed by atoms with Crippen molar-refractivity contribution in [2.24, 2.45) is 16.3 Å². The zero-order valence-corrected chi connectivity index (χ0v) is 15.1. The van der Waals surface area contributed by atoms with Gasteiger partial charge in [-0.15, -0.1) is 0 Å². The van der Waals surface area contributed by atoms with Gasteiger partial charge in [0, 0.05) is 23.9 Å². The number of carbonyl (C=O) groups excluding carboxylic acids is 1. The summed E-state index contributed by atoms with van der Waals surface area (Å²) < 4.78 is 5.62. The van der Waals surface area contributed by atoms with E-state index in [1.54, 1.807) is 4.90 Å². The Kier molecular flexibility index (Phi) is 4.39. The maximum Gasteiger partial charge on any atom is 0.410 e. The topological polar surface area (TPSA) is 88.2 Å². The Balaban J connectivity index is 1.78. The molecule has 136 valence electrons. The van der Waals surface area contributed by atoms with Gasteiger partial charge >= 0.3 is 6.09 Å². The van der Waals surface area contributed by atoms with Crippen LogP contribution in [0, 0.1) is 5.41 Å². The van der Waals surface area contributed by atoms with Gasteiger partial charge in [-0.3, -0.25) is 0 Å². The highest BCUT2D eigenvalue weighted by Gasteiger charge is 2.54. The van der Waals surface area contributed by atoms with Crippen molar-refractivity contribution in [2.75, 3.05) is 6.54 Å². The molecular formula is C19H27N3O3. The van der Waals surface area contributed by atoms with E-state index in [4.69, 9.17) is 15.7 Å². The molecule has 0 aromatic heterocycles. The van der Waals surface area contributed by atoms with Crippen LogP contribution in [-0.2, 0) is 4.74 Å². The summed E-state index contributed by atoms with van der Waals surface area (Å²) in [6.45, 7) is 6.02. The third kappa shape index (κ3) is 3.89. The molecular weight excluding hydrogens is 318 g/mol. The highest BCUT2D eigenvalue weighted by atomic mass is 16.6. The molecule has 2 aliphatic rings. The van der Waals surface area contributed by atoms with Gasteiger partial charge in [0.05, 0.1) is 0 Å². The van der Waals surface area contributed by atoms with Gasteiger partial charge in [0.1, 0.15) is 11.4 Å². The molecule has 0 bridgehead atoms. The van der Waals surface area contributed by atoms with Gasteiger partial charge in [-0.25, -0.2) is 4.79 Å². The Morgan fingerprint density at radius 3 is 2.52 bits per heavy atom. The van der Waals surface area contributed by atoms with Crippen LogP contribution >= 0.6 is 0 Å². The van der Waals surface area contributed by atoms with E-state index in [2.05, 4.69) is 17.3 Å². The number of carbonyl (C=O) groups is 1. The normalized spacial score (nSPS) is 24.5. The molecule has 1 aromatic carbocycles. The van der Waals surface area contributed by atoms with Crippen molar-refractivity contribution >= 4 is 11.9 Å². The van der Waals surface area contributed by atoms with Gasteiger partial charge in [0.25, 0.3) is 0 Å². The third-order valence-electron chi connectivity index (χ3n) is 4.99. The zero-order valence-electron chi connectivity index (χ0n) is 15.1. The second-order valence-electron chi connectivity index (χ2n) is 8.19. The fourth-order valence-electron chi connectivity index (χ4n) is 3.30. The second kappa shape index (κ2) is 6.24. The fourth-order valence-corrected chi connectivity index (χ4v) is 3.30. The molecule has 1 unspecified atom stereocenters. The van der Waals surface area contributed by atoms with E-state index in [1.165, 1.54) is 5.56 Å². The molecule has 1 aromatic rings. The first-order valence-electron chi connectivity index (χ1n) is 8.78. The van der Waals surface area contributed by atoms with Crippen LogP contribution in [0.25, 0.3) is 0 Å². The van der Waals surface area contributed by atoms with Gasteiger partial charge in [-0.1, -0.05) is 35.5 Å². The summed E-state index contributed by atoms with van der Waals surface area (Å²) in [5, 5.41) is 12.2. The molecule has 0 heterocycles. The first-order chi connectivity index (χ1) is 11.8. The Labute approximate surface area is 148 Å². The lowest BCUT2D eigenvalue weighted by molar-refractivity contribution is 0.0207. The quantitative estimate of drug-likeness (QED) is 0.371. The number of benzene rings is 1. The number of rotatable bonds is 5. The number of amides is 1. The minimum atomic E-state index is -0.556. The Morgan fingerprint density at radius 1 is 1.36 bits per heavy atom. The van der Waals surface area contributed by atoms with Crippen LogP contribution in [0.15, 0.2) is 35.5 Å². The van der Waals surface area contributed by atoms with E-state index in [0.29, 0.717) is 12.5 Å². The smallest absolute Gasteiger partial charge is 0.410 e. The molecule has 1 amide bonds. The third-order valence-corrected chi connectivity index (χ3v) is 4.99. The van der Waals surface area contributed by atoms with Crippen LogP contribution in [0.5, 0.6) is 0 Å². The molecule has 2 saturated carbocycles. The van der Waals surface area contributed by atoms with E-state index in [9.17, 15) is 4.79 Å². The number of oxime groups is 1. The van der Waals surface area contributed by atoms with E-state index >= 15 is 0 Å². The Morgan fingerprint density at radius 2 is 2.00 bits per heavy atom. The van der Waals surface area contributed by atoms with Gasteiger partial charge < -0.3 is 20.6 Å². The number of ether oxygens (including phenoxy) is 1. The summed E-state index contributed by atoms with van der Waals surface area (Å²) in [6.07, 6.45) is 2.23. The molecule has 2 atom stereocenters. The number of nitrogens with two attached hydrogens (primary N) is 1. The average molecular weight is 345 g/mol. The van der Waals surface area contributed by atoms with Crippen LogP contribution in [0.3, 0.4) is 0 Å². The lowest BCUT2D eigenvalue weighted by Crippen LogP contribution is -2.45.